The van der Waals surface area contributed by atoms with E-state index in [-0.39, 0.29) is 16.4 Å². The summed E-state index contributed by atoms with van der Waals surface area (Å²) in [5.74, 6) is -0.932. The SMILES string of the molecule is Nc1nccnc1C(=O)NNS(=O)(=O)c1ccc(Cl)cc1. The molecular weight excluding hydrogens is 318 g/mol. The van der Waals surface area contributed by atoms with Gasteiger partial charge in [-0.3, -0.25) is 10.2 Å². The summed E-state index contributed by atoms with van der Waals surface area (Å²) in [4.78, 5) is 21.0. The van der Waals surface area contributed by atoms with E-state index in [4.69, 9.17) is 17.3 Å². The maximum Gasteiger partial charge on any atom is 0.288 e. The first-order valence-electron chi connectivity index (χ1n) is 5.54. The van der Waals surface area contributed by atoms with E-state index in [0.717, 1.165) is 0 Å². The number of halogens is 1. The third kappa shape index (κ3) is 3.66. The van der Waals surface area contributed by atoms with Crippen molar-refractivity contribution in [3.63, 3.8) is 0 Å². The molecule has 0 radical (unpaired) electrons. The van der Waals surface area contributed by atoms with Crippen LogP contribution in [0, 0.1) is 0 Å². The van der Waals surface area contributed by atoms with Crippen LogP contribution in [0.15, 0.2) is 41.6 Å². The summed E-state index contributed by atoms with van der Waals surface area (Å²) in [6.07, 6.45) is 2.57. The number of amides is 1. The highest BCUT2D eigenvalue weighted by atomic mass is 35.5. The predicted octanol–water partition coefficient (Wildman–Crippen LogP) is 0.336. The number of benzene rings is 1. The topological polar surface area (TPSA) is 127 Å². The predicted molar refractivity (Wildman–Crippen MR) is 75.7 cm³/mol. The standard InChI is InChI=1S/C11H10ClN5O3S/c12-7-1-3-8(4-2-7)21(19,20)17-16-11(18)9-10(13)15-6-5-14-9/h1-6,17H,(H2,13,15)(H,16,18). The lowest BCUT2D eigenvalue weighted by atomic mass is 10.4. The Kier molecular flexibility index (Phi) is 4.36. The number of hydrogen-bond acceptors (Lipinski definition) is 6. The van der Waals surface area contributed by atoms with Crippen LogP contribution >= 0.6 is 11.6 Å². The van der Waals surface area contributed by atoms with Gasteiger partial charge in [-0.1, -0.05) is 11.6 Å². The van der Waals surface area contributed by atoms with Gasteiger partial charge in [0.05, 0.1) is 4.90 Å². The molecule has 2 aromatic rings. The number of rotatable bonds is 4. The van der Waals surface area contributed by atoms with Gasteiger partial charge in [0.15, 0.2) is 11.5 Å². The van der Waals surface area contributed by atoms with Gasteiger partial charge in [-0.2, -0.15) is 0 Å². The minimum absolute atomic E-state index is 0.0562. The van der Waals surface area contributed by atoms with Crippen molar-refractivity contribution in [2.24, 2.45) is 0 Å². The molecule has 0 atom stereocenters. The molecule has 0 saturated carbocycles. The molecule has 110 valence electrons. The zero-order valence-electron chi connectivity index (χ0n) is 10.4. The summed E-state index contributed by atoms with van der Waals surface area (Å²) < 4.78 is 23.9. The molecule has 21 heavy (non-hydrogen) atoms. The highest BCUT2D eigenvalue weighted by molar-refractivity contribution is 7.89. The molecule has 1 aromatic heterocycles. The van der Waals surface area contributed by atoms with Gasteiger partial charge in [0.2, 0.25) is 0 Å². The van der Waals surface area contributed by atoms with Crippen LogP contribution in [0.1, 0.15) is 10.5 Å². The van der Waals surface area contributed by atoms with Crippen LogP contribution in [0.3, 0.4) is 0 Å². The number of hydrogen-bond donors (Lipinski definition) is 3. The number of anilines is 1. The molecule has 4 N–H and O–H groups in total. The molecule has 10 heteroatoms. The second-order valence-electron chi connectivity index (χ2n) is 3.80. The minimum atomic E-state index is -3.92. The molecule has 0 aliphatic rings. The molecule has 0 spiro atoms. The van der Waals surface area contributed by atoms with Crippen molar-refractivity contribution in [3.8, 4) is 0 Å². The summed E-state index contributed by atoms with van der Waals surface area (Å²) >= 11 is 5.67. The average molecular weight is 328 g/mol. The fourth-order valence-electron chi connectivity index (χ4n) is 1.37. The molecule has 1 aromatic carbocycles. The van der Waals surface area contributed by atoms with Crippen LogP contribution in [0.25, 0.3) is 0 Å². The van der Waals surface area contributed by atoms with Gasteiger partial charge in [-0.15, -0.1) is 4.83 Å². The van der Waals surface area contributed by atoms with Crippen molar-refractivity contribution < 1.29 is 13.2 Å². The highest BCUT2D eigenvalue weighted by Crippen LogP contribution is 2.13. The third-order valence-electron chi connectivity index (χ3n) is 2.36. The lowest BCUT2D eigenvalue weighted by molar-refractivity contribution is 0.0941. The molecule has 0 aliphatic heterocycles. The summed E-state index contributed by atoms with van der Waals surface area (Å²) in [6, 6.07) is 5.43. The summed E-state index contributed by atoms with van der Waals surface area (Å²) in [6.45, 7) is 0. The number of nitrogen functional groups attached to an aromatic ring is 1. The number of nitrogens with two attached hydrogens (primary N) is 1. The van der Waals surface area contributed by atoms with E-state index in [1.165, 1.54) is 36.7 Å². The number of sulfonamides is 1. The van der Waals surface area contributed by atoms with Crippen molar-refractivity contribution in [2.75, 3.05) is 5.73 Å². The fraction of sp³-hybridized carbons (Fsp3) is 0. The zero-order valence-corrected chi connectivity index (χ0v) is 12.0. The van der Waals surface area contributed by atoms with Gasteiger partial charge in [-0.05, 0) is 24.3 Å². The lowest BCUT2D eigenvalue weighted by Crippen LogP contribution is -2.42. The highest BCUT2D eigenvalue weighted by Gasteiger charge is 2.17. The molecule has 1 heterocycles. The molecular formula is C11H10ClN5O3S. The number of nitrogens with zero attached hydrogens (tertiary/aromatic N) is 2. The minimum Gasteiger partial charge on any atom is -0.382 e. The van der Waals surface area contributed by atoms with Crippen LogP contribution in [0.4, 0.5) is 5.82 Å². The van der Waals surface area contributed by atoms with Gasteiger partial charge >= 0.3 is 0 Å². The summed E-state index contributed by atoms with van der Waals surface area (Å²) in [5.41, 5.74) is 7.28. The van der Waals surface area contributed by atoms with E-state index in [1.54, 1.807) is 0 Å². The maximum atomic E-state index is 11.9. The summed E-state index contributed by atoms with van der Waals surface area (Å²) in [5, 5.41) is 0.394. The first-order chi connectivity index (χ1) is 9.90. The molecule has 8 nitrogen and oxygen atoms in total. The molecule has 1 amide bonds. The van der Waals surface area contributed by atoms with Gasteiger partial charge in [0.1, 0.15) is 0 Å². The maximum absolute atomic E-state index is 11.9. The Hall–Kier alpha value is -2.23. The van der Waals surface area contributed by atoms with Crippen molar-refractivity contribution in [2.45, 2.75) is 4.90 Å². The Morgan fingerprint density at radius 3 is 2.38 bits per heavy atom. The molecule has 0 bridgehead atoms. The van der Waals surface area contributed by atoms with Crippen molar-refractivity contribution in [1.29, 1.82) is 0 Å². The largest absolute Gasteiger partial charge is 0.382 e. The van der Waals surface area contributed by atoms with Crippen LogP contribution in [0.2, 0.25) is 5.02 Å². The number of carbonyl (C=O) groups excluding carboxylic acids is 1. The van der Waals surface area contributed by atoms with E-state index in [2.05, 4.69) is 9.97 Å². The van der Waals surface area contributed by atoms with Crippen molar-refractivity contribution in [1.82, 2.24) is 20.2 Å². The number of hydrazine groups is 1. The summed E-state index contributed by atoms with van der Waals surface area (Å²) in [7, 11) is -3.92. The number of nitrogens with one attached hydrogen (secondary N) is 2. The molecule has 2 rings (SSSR count). The second kappa shape index (κ2) is 6.04. The third-order valence-corrected chi connectivity index (χ3v) is 3.88. The van der Waals surface area contributed by atoms with Crippen LogP contribution in [0.5, 0.6) is 0 Å². The van der Waals surface area contributed by atoms with Gasteiger partial charge in [0, 0.05) is 17.4 Å². The van der Waals surface area contributed by atoms with Crippen molar-refractivity contribution >= 4 is 33.3 Å². The zero-order chi connectivity index (χ0) is 15.5. The normalized spacial score (nSPS) is 11.1. The lowest BCUT2D eigenvalue weighted by Gasteiger charge is -2.08. The molecule has 0 saturated heterocycles. The number of carbonyl (C=O) groups is 1. The van der Waals surface area contributed by atoms with Gasteiger partial charge < -0.3 is 5.73 Å². The van der Waals surface area contributed by atoms with Crippen molar-refractivity contribution in [3.05, 3.63) is 47.4 Å². The van der Waals surface area contributed by atoms with Gasteiger partial charge in [-0.25, -0.2) is 18.4 Å². The first kappa shape index (κ1) is 15.2. The Labute approximate surface area is 125 Å². The average Bonchev–Trinajstić information content (AvgIpc) is 2.46. The Bertz CT molecular complexity index is 764. The van der Waals surface area contributed by atoms with E-state index < -0.39 is 15.9 Å². The van der Waals surface area contributed by atoms with Crippen LogP contribution in [-0.2, 0) is 10.0 Å². The Balaban J connectivity index is 2.10. The smallest absolute Gasteiger partial charge is 0.288 e. The van der Waals surface area contributed by atoms with E-state index in [1.807, 2.05) is 10.3 Å². The van der Waals surface area contributed by atoms with Crippen LogP contribution in [-0.4, -0.2) is 24.3 Å². The number of aromatic nitrogens is 2. The quantitative estimate of drug-likeness (QED) is 0.695. The molecule has 0 unspecified atom stereocenters. The molecule has 0 fully saturated rings. The van der Waals surface area contributed by atoms with Gasteiger partial charge in [0.25, 0.3) is 15.9 Å². The first-order valence-corrected chi connectivity index (χ1v) is 7.40. The van der Waals surface area contributed by atoms with Crippen LogP contribution < -0.4 is 16.0 Å². The molecule has 0 aliphatic carbocycles. The Morgan fingerprint density at radius 1 is 1.14 bits per heavy atom. The Morgan fingerprint density at radius 2 is 1.76 bits per heavy atom. The second-order valence-corrected chi connectivity index (χ2v) is 5.92. The van der Waals surface area contributed by atoms with E-state index in [9.17, 15) is 13.2 Å². The fourth-order valence-corrected chi connectivity index (χ4v) is 2.33. The van der Waals surface area contributed by atoms with E-state index >= 15 is 0 Å². The van der Waals surface area contributed by atoms with E-state index in [0.29, 0.717) is 5.02 Å². The monoisotopic (exact) mass is 327 g/mol.